The molecule has 0 aliphatic carbocycles. The molecule has 0 bridgehead atoms. The Balaban J connectivity index is 1.88. The average Bonchev–Trinajstić information content (AvgIpc) is 3.06. The van der Waals surface area contributed by atoms with Crippen LogP contribution in [-0.4, -0.2) is 4.98 Å². The van der Waals surface area contributed by atoms with E-state index in [-0.39, 0.29) is 11.7 Å². The summed E-state index contributed by atoms with van der Waals surface area (Å²) in [5.74, 6) is -0.0354. The van der Waals surface area contributed by atoms with Crippen LogP contribution in [0.5, 0.6) is 0 Å². The van der Waals surface area contributed by atoms with E-state index in [1.807, 2.05) is 44.2 Å². The molecule has 0 saturated carbocycles. The van der Waals surface area contributed by atoms with Gasteiger partial charge in [-0.25, -0.2) is 4.39 Å². The van der Waals surface area contributed by atoms with E-state index in [4.69, 9.17) is 4.42 Å². The number of aromatic nitrogens is 1. The zero-order valence-corrected chi connectivity index (χ0v) is 16.1. The van der Waals surface area contributed by atoms with Crippen molar-refractivity contribution in [1.29, 1.82) is 0 Å². The molecular formula is C25H20FNO. The second-order valence-electron chi connectivity index (χ2n) is 7.67. The molecule has 0 atom stereocenters. The Morgan fingerprint density at radius 3 is 2.54 bits per heavy atom. The van der Waals surface area contributed by atoms with Crippen LogP contribution in [0, 0.1) is 12.7 Å². The fourth-order valence-corrected chi connectivity index (χ4v) is 4.04. The number of benzene rings is 3. The summed E-state index contributed by atoms with van der Waals surface area (Å²) in [7, 11) is 0. The SMILES string of the molecule is Cc1cc(-c2nccc3c(F)c(C(C)C)ccc23)c2oc3ccccc3c2c1. The number of fused-ring (bicyclic) bond motifs is 4. The summed E-state index contributed by atoms with van der Waals surface area (Å²) in [4.78, 5) is 4.63. The van der Waals surface area contributed by atoms with Gasteiger partial charge in [0.2, 0.25) is 0 Å². The molecule has 0 amide bonds. The van der Waals surface area contributed by atoms with Crippen LogP contribution in [0.25, 0.3) is 44.0 Å². The Kier molecular flexibility index (Phi) is 3.73. The Bertz CT molecular complexity index is 1360. The van der Waals surface area contributed by atoms with Gasteiger partial charge in [-0.1, -0.05) is 44.2 Å². The molecule has 0 aliphatic rings. The van der Waals surface area contributed by atoms with E-state index in [2.05, 4.69) is 30.1 Å². The van der Waals surface area contributed by atoms with Gasteiger partial charge in [-0.15, -0.1) is 0 Å². The van der Waals surface area contributed by atoms with Crippen LogP contribution in [0.4, 0.5) is 4.39 Å². The second kappa shape index (κ2) is 6.16. The molecule has 28 heavy (non-hydrogen) atoms. The highest BCUT2D eigenvalue weighted by Crippen LogP contribution is 2.39. The summed E-state index contributed by atoms with van der Waals surface area (Å²) >= 11 is 0. The lowest BCUT2D eigenvalue weighted by Crippen LogP contribution is -1.96. The Morgan fingerprint density at radius 1 is 0.893 bits per heavy atom. The average molecular weight is 369 g/mol. The molecule has 0 spiro atoms. The minimum atomic E-state index is -0.162. The van der Waals surface area contributed by atoms with E-state index in [1.165, 1.54) is 0 Å². The van der Waals surface area contributed by atoms with E-state index in [1.54, 1.807) is 12.3 Å². The van der Waals surface area contributed by atoms with Gasteiger partial charge in [-0.2, -0.15) is 0 Å². The van der Waals surface area contributed by atoms with E-state index in [0.29, 0.717) is 5.39 Å². The molecule has 0 radical (unpaired) electrons. The van der Waals surface area contributed by atoms with E-state index >= 15 is 4.39 Å². The Labute approximate surface area is 162 Å². The van der Waals surface area contributed by atoms with Crippen LogP contribution in [-0.2, 0) is 0 Å². The molecule has 0 saturated heterocycles. The fourth-order valence-electron chi connectivity index (χ4n) is 4.04. The summed E-state index contributed by atoms with van der Waals surface area (Å²) in [6, 6.07) is 17.8. The molecule has 2 nitrogen and oxygen atoms in total. The largest absolute Gasteiger partial charge is 0.455 e. The van der Waals surface area contributed by atoms with Crippen molar-refractivity contribution in [2.24, 2.45) is 0 Å². The quantitative estimate of drug-likeness (QED) is 0.324. The second-order valence-corrected chi connectivity index (χ2v) is 7.67. The third kappa shape index (κ3) is 2.43. The first-order valence-corrected chi connectivity index (χ1v) is 9.54. The number of aryl methyl sites for hydroxylation is 1. The summed E-state index contributed by atoms with van der Waals surface area (Å²) < 4.78 is 21.3. The molecule has 2 aromatic heterocycles. The normalized spacial score (nSPS) is 11.9. The van der Waals surface area contributed by atoms with Crippen LogP contribution in [0.15, 0.2) is 65.2 Å². The first kappa shape index (κ1) is 16.9. The third-order valence-electron chi connectivity index (χ3n) is 5.41. The highest BCUT2D eigenvalue weighted by atomic mass is 19.1. The van der Waals surface area contributed by atoms with Crippen molar-refractivity contribution in [3.63, 3.8) is 0 Å². The number of hydrogen-bond acceptors (Lipinski definition) is 2. The maximum atomic E-state index is 15.1. The number of rotatable bonds is 2. The smallest absolute Gasteiger partial charge is 0.144 e. The molecular weight excluding hydrogens is 349 g/mol. The Morgan fingerprint density at radius 2 is 1.71 bits per heavy atom. The van der Waals surface area contributed by atoms with Gasteiger partial charge >= 0.3 is 0 Å². The van der Waals surface area contributed by atoms with Crippen LogP contribution in [0.3, 0.4) is 0 Å². The number of hydrogen-bond donors (Lipinski definition) is 0. The van der Waals surface area contributed by atoms with Crippen molar-refractivity contribution in [2.75, 3.05) is 0 Å². The lowest BCUT2D eigenvalue weighted by atomic mass is 9.95. The standard InChI is InChI=1S/C25H20FNO/c1-14(2)16-8-9-19-18(23(16)26)10-11-27-24(19)21-13-15(3)12-20-17-6-4-5-7-22(17)28-25(20)21/h4-14H,1-3H3. The fraction of sp³-hybridized carbons (Fsp3) is 0.160. The first-order valence-electron chi connectivity index (χ1n) is 9.54. The van der Waals surface area contributed by atoms with Gasteiger partial charge < -0.3 is 4.42 Å². The van der Waals surface area contributed by atoms with Crippen LogP contribution < -0.4 is 0 Å². The molecule has 0 N–H and O–H groups in total. The van der Waals surface area contributed by atoms with Crippen molar-refractivity contribution in [3.8, 4) is 11.3 Å². The molecule has 3 aromatic carbocycles. The lowest BCUT2D eigenvalue weighted by molar-refractivity contribution is 0.610. The monoisotopic (exact) mass is 369 g/mol. The minimum absolute atomic E-state index is 0.127. The van der Waals surface area contributed by atoms with E-state index < -0.39 is 0 Å². The molecule has 3 heteroatoms. The van der Waals surface area contributed by atoms with Crippen LogP contribution in [0.1, 0.15) is 30.9 Å². The van der Waals surface area contributed by atoms with Gasteiger partial charge in [0, 0.05) is 33.3 Å². The highest BCUT2D eigenvalue weighted by molar-refractivity contribution is 6.11. The maximum Gasteiger partial charge on any atom is 0.144 e. The van der Waals surface area contributed by atoms with Gasteiger partial charge in [0.05, 0.1) is 5.69 Å². The molecule has 5 aromatic rings. The van der Waals surface area contributed by atoms with Gasteiger partial charge in [0.15, 0.2) is 0 Å². The number of halogens is 1. The van der Waals surface area contributed by atoms with Crippen LogP contribution >= 0.6 is 0 Å². The molecule has 0 fully saturated rings. The van der Waals surface area contributed by atoms with Crippen molar-refractivity contribution < 1.29 is 8.81 Å². The zero-order chi connectivity index (χ0) is 19.4. The third-order valence-corrected chi connectivity index (χ3v) is 5.41. The van der Waals surface area contributed by atoms with Crippen LogP contribution in [0.2, 0.25) is 0 Å². The number of pyridine rings is 1. The summed E-state index contributed by atoms with van der Waals surface area (Å²) in [6.07, 6.45) is 1.68. The minimum Gasteiger partial charge on any atom is -0.455 e. The molecule has 138 valence electrons. The van der Waals surface area contributed by atoms with Gasteiger partial charge in [-0.3, -0.25) is 4.98 Å². The van der Waals surface area contributed by atoms with Gasteiger partial charge in [0.25, 0.3) is 0 Å². The molecule has 2 heterocycles. The van der Waals surface area contributed by atoms with E-state index in [9.17, 15) is 0 Å². The van der Waals surface area contributed by atoms with Crippen molar-refractivity contribution >= 4 is 32.7 Å². The lowest BCUT2D eigenvalue weighted by Gasteiger charge is -2.12. The topological polar surface area (TPSA) is 26.0 Å². The predicted molar refractivity (Wildman–Crippen MR) is 113 cm³/mol. The summed E-state index contributed by atoms with van der Waals surface area (Å²) in [6.45, 7) is 6.07. The molecule has 0 unspecified atom stereocenters. The highest BCUT2D eigenvalue weighted by Gasteiger charge is 2.18. The van der Waals surface area contributed by atoms with Crippen molar-refractivity contribution in [2.45, 2.75) is 26.7 Å². The van der Waals surface area contributed by atoms with Crippen molar-refractivity contribution in [3.05, 3.63) is 77.7 Å². The number of furan rings is 1. The zero-order valence-electron chi connectivity index (χ0n) is 16.1. The first-order chi connectivity index (χ1) is 13.5. The maximum absolute atomic E-state index is 15.1. The Hall–Kier alpha value is -3.20. The number of nitrogens with zero attached hydrogens (tertiary/aromatic N) is 1. The summed E-state index contributed by atoms with van der Waals surface area (Å²) in [5.41, 5.74) is 5.13. The predicted octanol–water partition coefficient (Wildman–Crippen LogP) is 7.37. The summed E-state index contributed by atoms with van der Waals surface area (Å²) in [5, 5.41) is 3.54. The molecule has 0 aliphatic heterocycles. The van der Waals surface area contributed by atoms with Crippen molar-refractivity contribution in [1.82, 2.24) is 4.98 Å². The number of para-hydroxylation sites is 1. The van der Waals surface area contributed by atoms with Gasteiger partial charge in [-0.05, 0) is 48.2 Å². The van der Waals surface area contributed by atoms with Gasteiger partial charge in [0.1, 0.15) is 17.0 Å². The van der Waals surface area contributed by atoms with E-state index in [0.717, 1.165) is 49.7 Å². The molecule has 5 rings (SSSR count).